The Morgan fingerprint density at radius 3 is 2.70 bits per heavy atom. The first-order valence-corrected chi connectivity index (χ1v) is 7.50. The summed E-state index contributed by atoms with van der Waals surface area (Å²) in [7, 11) is 0. The normalized spacial score (nSPS) is 19.8. The molecule has 3 rings (SSSR count). The summed E-state index contributed by atoms with van der Waals surface area (Å²) < 4.78 is 11.0. The van der Waals surface area contributed by atoms with Crippen LogP contribution in [0.4, 0.5) is 0 Å². The number of carboxylic acids is 1. The fraction of sp³-hybridized carbons (Fsp3) is 0.500. The number of rotatable bonds is 4. The Morgan fingerprint density at radius 2 is 2.05 bits per heavy atom. The summed E-state index contributed by atoms with van der Waals surface area (Å²) in [6.07, 6.45) is 1.04. The first kappa shape index (κ1) is 13.6. The molecule has 0 radical (unpaired) electrons. The molecule has 108 valence electrons. The lowest BCUT2D eigenvalue weighted by atomic mass is 9.98. The van der Waals surface area contributed by atoms with Crippen molar-refractivity contribution in [3.63, 3.8) is 0 Å². The van der Waals surface area contributed by atoms with Gasteiger partial charge in [0.25, 0.3) is 0 Å². The Kier molecular flexibility index (Phi) is 3.76. The zero-order valence-electron chi connectivity index (χ0n) is 11.1. The van der Waals surface area contributed by atoms with Crippen molar-refractivity contribution in [1.82, 2.24) is 5.32 Å². The molecule has 0 spiro atoms. The van der Waals surface area contributed by atoms with Gasteiger partial charge in [0.2, 0.25) is 0 Å². The van der Waals surface area contributed by atoms with Gasteiger partial charge >= 0.3 is 5.97 Å². The van der Waals surface area contributed by atoms with Gasteiger partial charge in [-0.3, -0.25) is 4.79 Å². The van der Waals surface area contributed by atoms with Crippen molar-refractivity contribution in [2.45, 2.75) is 22.5 Å². The Hall–Kier alpha value is -1.40. The van der Waals surface area contributed by atoms with E-state index in [9.17, 15) is 4.79 Å². The number of carbonyl (C=O) groups is 1. The van der Waals surface area contributed by atoms with Crippen LogP contribution in [0.2, 0.25) is 0 Å². The van der Waals surface area contributed by atoms with Crippen molar-refractivity contribution in [1.29, 1.82) is 0 Å². The van der Waals surface area contributed by atoms with E-state index in [0.717, 1.165) is 35.9 Å². The van der Waals surface area contributed by atoms with E-state index < -0.39 is 5.97 Å². The largest absolute Gasteiger partial charge is 0.490 e. The van der Waals surface area contributed by atoms with Gasteiger partial charge in [-0.25, -0.2) is 0 Å². The van der Waals surface area contributed by atoms with Crippen molar-refractivity contribution in [2.24, 2.45) is 0 Å². The van der Waals surface area contributed by atoms with Crippen LogP contribution in [-0.4, -0.2) is 42.1 Å². The summed E-state index contributed by atoms with van der Waals surface area (Å²) in [6, 6.07) is 5.83. The molecule has 0 aliphatic carbocycles. The van der Waals surface area contributed by atoms with Gasteiger partial charge in [0.1, 0.15) is 0 Å². The van der Waals surface area contributed by atoms with Crippen LogP contribution in [0.15, 0.2) is 23.1 Å². The zero-order chi connectivity index (χ0) is 14.0. The van der Waals surface area contributed by atoms with E-state index in [1.807, 2.05) is 18.2 Å². The molecule has 20 heavy (non-hydrogen) atoms. The van der Waals surface area contributed by atoms with E-state index in [0.29, 0.717) is 13.2 Å². The SMILES string of the molecule is O=C(O)CC1(Sc2ccc3c(c2)OCCCO3)CNC1. The van der Waals surface area contributed by atoms with Crippen LogP contribution in [0, 0.1) is 0 Å². The molecule has 6 heteroatoms. The van der Waals surface area contributed by atoms with Crippen molar-refractivity contribution in [3.05, 3.63) is 18.2 Å². The van der Waals surface area contributed by atoms with Gasteiger partial charge in [-0.2, -0.15) is 0 Å². The highest BCUT2D eigenvalue weighted by molar-refractivity contribution is 8.00. The van der Waals surface area contributed by atoms with E-state index in [1.165, 1.54) is 0 Å². The lowest BCUT2D eigenvalue weighted by molar-refractivity contribution is -0.138. The fourth-order valence-electron chi connectivity index (χ4n) is 2.37. The summed E-state index contributed by atoms with van der Waals surface area (Å²) in [5.74, 6) is 0.768. The molecule has 0 atom stereocenters. The number of hydrogen-bond donors (Lipinski definition) is 2. The molecule has 2 aliphatic heterocycles. The number of benzene rings is 1. The van der Waals surface area contributed by atoms with Crippen LogP contribution in [0.25, 0.3) is 0 Å². The molecule has 0 saturated carbocycles. The highest BCUT2D eigenvalue weighted by Gasteiger charge is 2.40. The van der Waals surface area contributed by atoms with Crippen LogP contribution in [0.3, 0.4) is 0 Å². The summed E-state index contributed by atoms with van der Waals surface area (Å²) >= 11 is 1.61. The average Bonchev–Trinajstić information content (AvgIpc) is 2.60. The molecule has 2 N–H and O–H groups in total. The Balaban J connectivity index is 1.77. The van der Waals surface area contributed by atoms with Gasteiger partial charge < -0.3 is 19.9 Å². The number of nitrogens with one attached hydrogen (secondary N) is 1. The molecular formula is C14H17NO4S. The number of carboxylic acid groups (broad SMARTS) is 1. The predicted octanol–water partition coefficient (Wildman–Crippen LogP) is 1.76. The van der Waals surface area contributed by atoms with Crippen molar-refractivity contribution < 1.29 is 19.4 Å². The van der Waals surface area contributed by atoms with Crippen molar-refractivity contribution >= 4 is 17.7 Å². The standard InChI is InChI=1S/C14H17NO4S/c16-13(17)7-14(8-15-9-14)20-10-2-3-11-12(6-10)19-5-1-4-18-11/h2-3,6,15H,1,4-5,7-9H2,(H,16,17). The van der Waals surface area contributed by atoms with E-state index in [2.05, 4.69) is 5.32 Å². The maximum Gasteiger partial charge on any atom is 0.304 e. The monoisotopic (exact) mass is 295 g/mol. The predicted molar refractivity (Wildman–Crippen MR) is 75.8 cm³/mol. The molecule has 1 saturated heterocycles. The molecule has 0 aromatic heterocycles. The number of hydrogen-bond acceptors (Lipinski definition) is 5. The molecule has 0 bridgehead atoms. The quantitative estimate of drug-likeness (QED) is 0.882. The Labute approximate surface area is 121 Å². The van der Waals surface area contributed by atoms with E-state index in [4.69, 9.17) is 14.6 Å². The topological polar surface area (TPSA) is 67.8 Å². The van der Waals surface area contributed by atoms with Crippen LogP contribution in [0.5, 0.6) is 11.5 Å². The number of aliphatic carboxylic acids is 1. The highest BCUT2D eigenvalue weighted by Crippen LogP contribution is 2.42. The molecular weight excluding hydrogens is 278 g/mol. The van der Waals surface area contributed by atoms with Gasteiger partial charge in [0.15, 0.2) is 11.5 Å². The minimum atomic E-state index is -0.756. The van der Waals surface area contributed by atoms with Gasteiger partial charge in [-0.1, -0.05) is 0 Å². The highest BCUT2D eigenvalue weighted by atomic mass is 32.2. The van der Waals surface area contributed by atoms with Crippen LogP contribution < -0.4 is 14.8 Å². The van der Waals surface area contributed by atoms with E-state index in [-0.39, 0.29) is 11.2 Å². The molecule has 2 heterocycles. The van der Waals surface area contributed by atoms with E-state index in [1.54, 1.807) is 11.8 Å². The van der Waals surface area contributed by atoms with E-state index >= 15 is 0 Å². The first-order chi connectivity index (χ1) is 9.67. The lowest BCUT2D eigenvalue weighted by Gasteiger charge is -2.40. The Bertz CT molecular complexity index is 516. The van der Waals surface area contributed by atoms with Crippen LogP contribution >= 0.6 is 11.8 Å². The summed E-state index contributed by atoms with van der Waals surface area (Å²) in [6.45, 7) is 2.77. The molecule has 1 aromatic carbocycles. The third-order valence-electron chi connectivity index (χ3n) is 3.42. The van der Waals surface area contributed by atoms with Crippen LogP contribution in [-0.2, 0) is 4.79 Å². The minimum Gasteiger partial charge on any atom is -0.490 e. The van der Waals surface area contributed by atoms with Gasteiger partial charge in [0, 0.05) is 24.4 Å². The number of thioether (sulfide) groups is 1. The number of ether oxygens (including phenoxy) is 2. The maximum atomic E-state index is 11.0. The third kappa shape index (κ3) is 2.86. The fourth-order valence-corrected chi connectivity index (χ4v) is 3.72. The molecule has 5 nitrogen and oxygen atoms in total. The van der Waals surface area contributed by atoms with Crippen molar-refractivity contribution in [2.75, 3.05) is 26.3 Å². The molecule has 1 fully saturated rings. The smallest absolute Gasteiger partial charge is 0.304 e. The second kappa shape index (κ2) is 5.54. The third-order valence-corrected chi connectivity index (χ3v) is 4.78. The van der Waals surface area contributed by atoms with Gasteiger partial charge in [-0.05, 0) is 18.2 Å². The minimum absolute atomic E-state index is 0.166. The van der Waals surface area contributed by atoms with Crippen LogP contribution in [0.1, 0.15) is 12.8 Å². The first-order valence-electron chi connectivity index (χ1n) is 6.68. The number of fused-ring (bicyclic) bond motifs is 1. The Morgan fingerprint density at radius 1 is 1.30 bits per heavy atom. The maximum absolute atomic E-state index is 11.0. The zero-order valence-corrected chi connectivity index (χ0v) is 11.9. The summed E-state index contributed by atoms with van der Waals surface area (Å²) in [4.78, 5) is 12.0. The second-order valence-corrected chi connectivity index (χ2v) is 6.66. The molecule has 0 amide bonds. The average molecular weight is 295 g/mol. The second-order valence-electron chi connectivity index (χ2n) is 5.12. The van der Waals surface area contributed by atoms with Crippen molar-refractivity contribution in [3.8, 4) is 11.5 Å². The molecule has 1 aromatic rings. The molecule has 0 unspecified atom stereocenters. The van der Waals surface area contributed by atoms with Gasteiger partial charge in [-0.15, -0.1) is 11.8 Å². The summed E-state index contributed by atoms with van der Waals surface area (Å²) in [5.41, 5.74) is 0. The summed E-state index contributed by atoms with van der Waals surface area (Å²) in [5, 5.41) is 12.2. The lowest BCUT2D eigenvalue weighted by Crippen LogP contribution is -2.57. The van der Waals surface area contributed by atoms with Gasteiger partial charge in [0.05, 0.1) is 24.4 Å². The molecule has 2 aliphatic rings.